The monoisotopic (exact) mass is 294 g/mol. The molecule has 116 valence electrons. The fourth-order valence-electron chi connectivity index (χ4n) is 2.52. The van der Waals surface area contributed by atoms with Gasteiger partial charge in [0.15, 0.2) is 0 Å². The van der Waals surface area contributed by atoms with Crippen LogP contribution in [0.4, 0.5) is 0 Å². The Morgan fingerprint density at radius 2 is 2.10 bits per heavy atom. The first kappa shape index (κ1) is 15.6. The molecule has 6 nitrogen and oxygen atoms in total. The maximum atomic E-state index is 11.8. The Bertz CT molecular complexity index is 458. The summed E-state index contributed by atoms with van der Waals surface area (Å²) in [6.45, 7) is 0.263. The number of nitrogens with one attached hydrogen (secondary N) is 2. The van der Waals surface area contributed by atoms with Gasteiger partial charge in [-0.15, -0.1) is 0 Å². The summed E-state index contributed by atoms with van der Waals surface area (Å²) in [5, 5.41) is 15.5. The molecule has 1 fully saturated rings. The number of hydrogen-bond acceptors (Lipinski definition) is 4. The molecule has 6 heteroatoms. The third kappa shape index (κ3) is 4.90. The molecule has 2 amide bonds. The first-order chi connectivity index (χ1) is 10.2. The van der Waals surface area contributed by atoms with Gasteiger partial charge >= 0.3 is 0 Å². The minimum atomic E-state index is -0.461. The minimum absolute atomic E-state index is 0.145. The molecule has 1 aliphatic carbocycles. The predicted molar refractivity (Wildman–Crippen MR) is 76.7 cm³/mol. The van der Waals surface area contributed by atoms with Gasteiger partial charge in [0.25, 0.3) is 5.91 Å². The van der Waals surface area contributed by atoms with E-state index in [-0.39, 0.29) is 30.8 Å². The standard InChI is InChI=1S/C15H22N2O4/c18-13-5-3-1-2-4-12(13)17-14(19)6-8-16-15(20)11-7-9-21-10-11/h7,9-10,12-13,18H,1-6,8H2,(H,16,20)(H,17,19). The van der Waals surface area contributed by atoms with Crippen molar-refractivity contribution >= 4 is 11.8 Å². The second kappa shape index (κ2) is 7.83. The van der Waals surface area contributed by atoms with Gasteiger partial charge in [0, 0.05) is 13.0 Å². The van der Waals surface area contributed by atoms with Crippen LogP contribution in [0.1, 0.15) is 48.9 Å². The van der Waals surface area contributed by atoms with Crippen molar-refractivity contribution in [3.05, 3.63) is 24.2 Å². The quantitative estimate of drug-likeness (QED) is 0.712. The van der Waals surface area contributed by atoms with Crippen LogP contribution in [0.2, 0.25) is 0 Å². The first-order valence-corrected chi connectivity index (χ1v) is 7.44. The Kier molecular flexibility index (Phi) is 5.80. The van der Waals surface area contributed by atoms with Gasteiger partial charge in [-0.2, -0.15) is 0 Å². The van der Waals surface area contributed by atoms with Crippen LogP contribution >= 0.6 is 0 Å². The van der Waals surface area contributed by atoms with Crippen molar-refractivity contribution in [2.24, 2.45) is 0 Å². The summed E-state index contributed by atoms with van der Waals surface area (Å²) in [4.78, 5) is 23.5. The number of rotatable bonds is 5. The van der Waals surface area contributed by atoms with Crippen LogP contribution in [-0.2, 0) is 4.79 Å². The lowest BCUT2D eigenvalue weighted by Crippen LogP contribution is -2.43. The molecule has 0 aliphatic heterocycles. The second-order valence-corrected chi connectivity index (χ2v) is 5.40. The number of carbonyl (C=O) groups is 2. The van der Waals surface area contributed by atoms with Crippen LogP contribution < -0.4 is 10.6 Å². The number of aliphatic hydroxyl groups is 1. The Morgan fingerprint density at radius 3 is 2.86 bits per heavy atom. The van der Waals surface area contributed by atoms with Crippen molar-refractivity contribution in [2.75, 3.05) is 6.54 Å². The molecule has 3 N–H and O–H groups in total. The molecule has 0 bridgehead atoms. The van der Waals surface area contributed by atoms with Crippen LogP contribution in [0, 0.1) is 0 Å². The Balaban J connectivity index is 1.68. The maximum Gasteiger partial charge on any atom is 0.254 e. The van der Waals surface area contributed by atoms with E-state index < -0.39 is 6.10 Å². The summed E-state index contributed by atoms with van der Waals surface area (Å²) in [6.07, 6.45) is 7.21. The lowest BCUT2D eigenvalue weighted by molar-refractivity contribution is -0.122. The van der Waals surface area contributed by atoms with Crippen molar-refractivity contribution in [1.82, 2.24) is 10.6 Å². The van der Waals surface area contributed by atoms with Crippen molar-refractivity contribution in [3.8, 4) is 0 Å². The van der Waals surface area contributed by atoms with Crippen molar-refractivity contribution in [3.63, 3.8) is 0 Å². The lowest BCUT2D eigenvalue weighted by Gasteiger charge is -2.21. The molecule has 2 unspecified atom stereocenters. The van der Waals surface area contributed by atoms with Crippen LogP contribution in [0.15, 0.2) is 23.0 Å². The summed E-state index contributed by atoms with van der Waals surface area (Å²) in [5.41, 5.74) is 0.439. The molecule has 2 rings (SSSR count). The van der Waals surface area contributed by atoms with E-state index >= 15 is 0 Å². The van der Waals surface area contributed by atoms with E-state index in [4.69, 9.17) is 4.42 Å². The molecule has 1 aliphatic rings. The van der Waals surface area contributed by atoms with Gasteiger partial charge in [0.2, 0.25) is 5.91 Å². The molecule has 1 aromatic heterocycles. The van der Waals surface area contributed by atoms with Gasteiger partial charge in [-0.25, -0.2) is 0 Å². The second-order valence-electron chi connectivity index (χ2n) is 5.40. The Labute approximate surface area is 123 Å². The highest BCUT2D eigenvalue weighted by Gasteiger charge is 2.22. The largest absolute Gasteiger partial charge is 0.472 e. The van der Waals surface area contributed by atoms with Gasteiger partial charge in [0.05, 0.1) is 24.0 Å². The van der Waals surface area contributed by atoms with Crippen molar-refractivity contribution < 1.29 is 19.1 Å². The molecular formula is C15H22N2O4. The van der Waals surface area contributed by atoms with Gasteiger partial charge in [0.1, 0.15) is 6.26 Å². The maximum absolute atomic E-state index is 11.8. The van der Waals surface area contributed by atoms with Gasteiger partial charge in [-0.1, -0.05) is 19.3 Å². The molecule has 1 aromatic rings. The first-order valence-electron chi connectivity index (χ1n) is 7.44. The number of hydrogen-bond donors (Lipinski definition) is 3. The van der Waals surface area contributed by atoms with E-state index in [1.807, 2.05) is 0 Å². The highest BCUT2D eigenvalue weighted by atomic mass is 16.3. The highest BCUT2D eigenvalue weighted by molar-refractivity contribution is 5.94. The Morgan fingerprint density at radius 1 is 1.29 bits per heavy atom. The molecule has 0 aromatic carbocycles. The molecule has 21 heavy (non-hydrogen) atoms. The molecule has 0 radical (unpaired) electrons. The fraction of sp³-hybridized carbons (Fsp3) is 0.600. The lowest BCUT2D eigenvalue weighted by atomic mass is 10.1. The molecule has 0 saturated heterocycles. The summed E-state index contributed by atoms with van der Waals surface area (Å²) < 4.78 is 4.82. The zero-order valence-corrected chi connectivity index (χ0v) is 12.0. The van der Waals surface area contributed by atoms with Crippen molar-refractivity contribution in [2.45, 2.75) is 50.7 Å². The SMILES string of the molecule is O=C(CCNC(=O)c1ccoc1)NC1CCCCCC1O. The van der Waals surface area contributed by atoms with E-state index in [9.17, 15) is 14.7 Å². The van der Waals surface area contributed by atoms with Gasteiger partial charge in [-0.05, 0) is 18.9 Å². The van der Waals surface area contributed by atoms with E-state index in [0.29, 0.717) is 5.56 Å². The summed E-state index contributed by atoms with van der Waals surface area (Å²) >= 11 is 0. The molecular weight excluding hydrogens is 272 g/mol. The Hall–Kier alpha value is -1.82. The molecule has 0 spiro atoms. The van der Waals surface area contributed by atoms with Crippen LogP contribution in [0.25, 0.3) is 0 Å². The highest BCUT2D eigenvalue weighted by Crippen LogP contribution is 2.18. The van der Waals surface area contributed by atoms with E-state index in [1.165, 1.54) is 12.5 Å². The van der Waals surface area contributed by atoms with E-state index in [0.717, 1.165) is 32.1 Å². The van der Waals surface area contributed by atoms with Crippen LogP contribution in [-0.4, -0.2) is 35.6 Å². The number of aliphatic hydroxyl groups excluding tert-OH is 1. The number of furan rings is 1. The van der Waals surface area contributed by atoms with E-state index in [2.05, 4.69) is 10.6 Å². The summed E-state index contributed by atoms with van der Waals surface area (Å²) in [5.74, 6) is -0.403. The van der Waals surface area contributed by atoms with Crippen molar-refractivity contribution in [1.29, 1.82) is 0 Å². The van der Waals surface area contributed by atoms with Gasteiger partial charge < -0.3 is 20.2 Å². The van der Waals surface area contributed by atoms with Crippen LogP contribution in [0.3, 0.4) is 0 Å². The smallest absolute Gasteiger partial charge is 0.254 e. The average Bonchev–Trinajstić information content (AvgIpc) is 2.92. The zero-order chi connectivity index (χ0) is 15.1. The van der Waals surface area contributed by atoms with E-state index in [1.54, 1.807) is 6.07 Å². The minimum Gasteiger partial charge on any atom is -0.472 e. The third-order valence-electron chi connectivity index (χ3n) is 3.75. The number of amides is 2. The molecule has 1 heterocycles. The summed E-state index contributed by atoms with van der Waals surface area (Å²) in [6, 6.07) is 1.40. The topological polar surface area (TPSA) is 91.6 Å². The average molecular weight is 294 g/mol. The third-order valence-corrected chi connectivity index (χ3v) is 3.75. The summed E-state index contributed by atoms with van der Waals surface area (Å²) in [7, 11) is 0. The number of carbonyl (C=O) groups excluding carboxylic acids is 2. The normalized spacial score (nSPS) is 22.3. The zero-order valence-electron chi connectivity index (χ0n) is 12.0. The fourth-order valence-corrected chi connectivity index (χ4v) is 2.52. The predicted octanol–water partition coefficient (Wildman–Crippen LogP) is 1.21. The molecule has 2 atom stereocenters. The molecule has 1 saturated carbocycles. The van der Waals surface area contributed by atoms with Gasteiger partial charge in [-0.3, -0.25) is 9.59 Å². The van der Waals surface area contributed by atoms with Crippen LogP contribution in [0.5, 0.6) is 0 Å².